The first-order valence-corrected chi connectivity index (χ1v) is 7.96. The van der Waals surface area contributed by atoms with Crippen LogP contribution in [-0.4, -0.2) is 32.2 Å². The second kappa shape index (κ2) is 6.39. The normalized spacial score (nSPS) is 12.5. The third-order valence-corrected chi connectivity index (χ3v) is 4.00. The number of ether oxygens (including phenoxy) is 2. The van der Waals surface area contributed by atoms with Crippen LogP contribution in [0.2, 0.25) is 0 Å². The number of carbonyl (C=O) groups is 1. The fraction of sp³-hybridized carbons (Fsp3) is 0.250. The van der Waals surface area contributed by atoms with Crippen LogP contribution in [0, 0.1) is 0 Å². The molecule has 26 heavy (non-hydrogen) atoms. The molecule has 0 atom stereocenters. The summed E-state index contributed by atoms with van der Waals surface area (Å²) in [6, 6.07) is 5.52. The van der Waals surface area contributed by atoms with Crippen molar-refractivity contribution in [1.82, 2.24) is 24.8 Å². The fourth-order valence-electron chi connectivity index (χ4n) is 2.70. The lowest BCUT2D eigenvalue weighted by Gasteiger charge is -2.07. The van der Waals surface area contributed by atoms with Gasteiger partial charge in [-0.1, -0.05) is 6.07 Å². The Morgan fingerprint density at radius 2 is 2.19 bits per heavy atom. The molecule has 134 valence electrons. The van der Waals surface area contributed by atoms with Crippen molar-refractivity contribution in [2.24, 2.45) is 0 Å². The topological polar surface area (TPSA) is 137 Å². The zero-order chi connectivity index (χ0) is 18.1. The van der Waals surface area contributed by atoms with E-state index in [0.717, 1.165) is 5.56 Å². The fourth-order valence-corrected chi connectivity index (χ4v) is 2.70. The molecule has 0 spiro atoms. The highest BCUT2D eigenvalue weighted by Gasteiger charge is 2.14. The molecule has 0 bridgehead atoms. The number of imidazole rings is 1. The zero-order valence-corrected chi connectivity index (χ0v) is 13.7. The van der Waals surface area contributed by atoms with Gasteiger partial charge in [0.15, 0.2) is 22.7 Å². The van der Waals surface area contributed by atoms with Crippen molar-refractivity contribution in [2.75, 3.05) is 12.5 Å². The van der Waals surface area contributed by atoms with Gasteiger partial charge in [-0.05, 0) is 17.7 Å². The van der Waals surface area contributed by atoms with E-state index in [-0.39, 0.29) is 30.6 Å². The average Bonchev–Trinajstić information content (AvgIpc) is 3.24. The van der Waals surface area contributed by atoms with Crippen LogP contribution in [0.25, 0.3) is 11.2 Å². The average molecular weight is 356 g/mol. The van der Waals surface area contributed by atoms with Gasteiger partial charge < -0.3 is 25.1 Å². The van der Waals surface area contributed by atoms with Crippen molar-refractivity contribution in [2.45, 2.75) is 19.5 Å². The first-order valence-electron chi connectivity index (χ1n) is 7.96. The highest BCUT2D eigenvalue weighted by atomic mass is 16.7. The van der Waals surface area contributed by atoms with Crippen LogP contribution in [-0.2, 0) is 17.9 Å². The molecule has 10 heteroatoms. The molecule has 3 aromatic rings. The van der Waals surface area contributed by atoms with Gasteiger partial charge in [0.05, 0.1) is 6.33 Å². The molecule has 0 radical (unpaired) electrons. The number of aryl methyl sites for hydroxylation is 1. The number of rotatable bonds is 5. The minimum absolute atomic E-state index is 0.0107. The smallest absolute Gasteiger partial charge is 0.280 e. The molecule has 2 aromatic heterocycles. The van der Waals surface area contributed by atoms with Gasteiger partial charge in [0.1, 0.15) is 0 Å². The molecule has 1 aliphatic heterocycles. The van der Waals surface area contributed by atoms with Crippen LogP contribution in [0.1, 0.15) is 12.0 Å². The second-order valence-corrected chi connectivity index (χ2v) is 5.78. The highest BCUT2D eigenvalue weighted by molar-refractivity contribution is 5.76. The lowest BCUT2D eigenvalue weighted by Crippen LogP contribution is -2.24. The predicted molar refractivity (Wildman–Crippen MR) is 91.6 cm³/mol. The first-order chi connectivity index (χ1) is 12.6. The summed E-state index contributed by atoms with van der Waals surface area (Å²) in [7, 11) is 0. The van der Waals surface area contributed by atoms with E-state index in [2.05, 4.69) is 20.3 Å². The van der Waals surface area contributed by atoms with E-state index in [1.807, 2.05) is 18.2 Å². The molecule has 0 saturated carbocycles. The van der Waals surface area contributed by atoms with Gasteiger partial charge in [-0.15, -0.1) is 0 Å². The summed E-state index contributed by atoms with van der Waals surface area (Å²) < 4.78 is 12.2. The van der Waals surface area contributed by atoms with E-state index in [1.165, 1.54) is 6.33 Å². The van der Waals surface area contributed by atoms with E-state index < -0.39 is 5.56 Å². The number of aromatic amines is 1. The maximum Gasteiger partial charge on any atom is 0.280 e. The molecule has 1 aliphatic rings. The SMILES string of the molecule is Nc1nc2c(ncn2CCC(=O)NCc2ccc3c(c2)OCO3)c(=O)[nH]1. The molecule has 1 aromatic carbocycles. The number of nitrogens with two attached hydrogens (primary N) is 1. The lowest BCUT2D eigenvalue weighted by molar-refractivity contribution is -0.121. The molecule has 4 N–H and O–H groups in total. The van der Waals surface area contributed by atoms with Gasteiger partial charge in [0, 0.05) is 19.5 Å². The molecule has 0 fully saturated rings. The third-order valence-electron chi connectivity index (χ3n) is 4.00. The molecule has 0 saturated heterocycles. The number of benzene rings is 1. The van der Waals surface area contributed by atoms with Crippen LogP contribution in [0.4, 0.5) is 5.95 Å². The Kier molecular flexibility index (Phi) is 3.92. The molecular weight excluding hydrogens is 340 g/mol. The maximum atomic E-state index is 12.1. The van der Waals surface area contributed by atoms with Crippen LogP contribution in [0.5, 0.6) is 11.5 Å². The molecule has 10 nitrogen and oxygen atoms in total. The number of aromatic nitrogens is 4. The Labute approximate surface area is 147 Å². The number of hydrogen-bond acceptors (Lipinski definition) is 7. The first kappa shape index (κ1) is 15.9. The standard InChI is InChI=1S/C16H16N6O4/c17-16-20-14-13(15(24)21-16)19-7-22(14)4-3-12(23)18-6-9-1-2-10-11(5-9)26-8-25-10/h1-2,5,7H,3-4,6,8H2,(H,18,23)(H3,17,20,21,24). The largest absolute Gasteiger partial charge is 0.454 e. The Hall–Kier alpha value is -3.56. The Morgan fingerprint density at radius 1 is 1.35 bits per heavy atom. The number of carbonyl (C=O) groups excluding carboxylic acids is 1. The van der Waals surface area contributed by atoms with Crippen LogP contribution < -0.4 is 26.1 Å². The predicted octanol–water partition coefficient (Wildman–Crippen LogP) is 0.137. The lowest BCUT2D eigenvalue weighted by atomic mass is 10.2. The van der Waals surface area contributed by atoms with Crippen molar-refractivity contribution in [1.29, 1.82) is 0 Å². The Balaban J connectivity index is 1.36. The monoisotopic (exact) mass is 356 g/mol. The number of amides is 1. The summed E-state index contributed by atoms with van der Waals surface area (Å²) in [5.41, 5.74) is 6.61. The number of nitrogens with one attached hydrogen (secondary N) is 2. The summed E-state index contributed by atoms with van der Waals surface area (Å²) in [5.74, 6) is 1.25. The molecule has 0 aliphatic carbocycles. The number of hydrogen-bond donors (Lipinski definition) is 3. The molecule has 3 heterocycles. The summed E-state index contributed by atoms with van der Waals surface area (Å²) in [6.07, 6.45) is 1.68. The van der Waals surface area contributed by atoms with Crippen LogP contribution in [0.15, 0.2) is 29.3 Å². The van der Waals surface area contributed by atoms with Crippen LogP contribution in [0.3, 0.4) is 0 Å². The van der Waals surface area contributed by atoms with Gasteiger partial charge >= 0.3 is 0 Å². The van der Waals surface area contributed by atoms with Crippen molar-refractivity contribution < 1.29 is 14.3 Å². The molecular formula is C16H16N6O4. The molecule has 1 amide bonds. The Morgan fingerprint density at radius 3 is 3.08 bits per heavy atom. The third kappa shape index (κ3) is 3.04. The Bertz CT molecular complexity index is 1040. The molecule has 0 unspecified atom stereocenters. The van der Waals surface area contributed by atoms with Crippen molar-refractivity contribution >= 4 is 23.0 Å². The zero-order valence-electron chi connectivity index (χ0n) is 13.7. The minimum atomic E-state index is -0.404. The number of fused-ring (bicyclic) bond motifs is 2. The van der Waals surface area contributed by atoms with E-state index in [9.17, 15) is 9.59 Å². The molecule has 4 rings (SSSR count). The van der Waals surface area contributed by atoms with E-state index in [4.69, 9.17) is 15.2 Å². The summed E-state index contributed by atoms with van der Waals surface area (Å²) in [4.78, 5) is 34.3. The number of nitrogen functional groups attached to an aromatic ring is 1. The number of anilines is 1. The van der Waals surface area contributed by atoms with E-state index in [0.29, 0.717) is 30.2 Å². The quantitative estimate of drug-likeness (QED) is 0.591. The van der Waals surface area contributed by atoms with Gasteiger partial charge in [-0.2, -0.15) is 4.98 Å². The minimum Gasteiger partial charge on any atom is -0.454 e. The summed E-state index contributed by atoms with van der Waals surface area (Å²) in [5, 5.41) is 2.84. The van der Waals surface area contributed by atoms with Crippen LogP contribution >= 0.6 is 0 Å². The van der Waals surface area contributed by atoms with Crippen molar-refractivity contribution in [3.63, 3.8) is 0 Å². The second-order valence-electron chi connectivity index (χ2n) is 5.78. The van der Waals surface area contributed by atoms with Gasteiger partial charge in [0.25, 0.3) is 5.56 Å². The maximum absolute atomic E-state index is 12.1. The van der Waals surface area contributed by atoms with Crippen molar-refractivity contribution in [3.8, 4) is 11.5 Å². The highest BCUT2D eigenvalue weighted by Crippen LogP contribution is 2.32. The van der Waals surface area contributed by atoms with E-state index in [1.54, 1.807) is 4.57 Å². The van der Waals surface area contributed by atoms with Gasteiger partial charge in [-0.3, -0.25) is 14.6 Å². The summed E-state index contributed by atoms with van der Waals surface area (Å²) >= 11 is 0. The van der Waals surface area contributed by atoms with Gasteiger partial charge in [0.2, 0.25) is 18.6 Å². The van der Waals surface area contributed by atoms with E-state index >= 15 is 0 Å². The summed E-state index contributed by atoms with van der Waals surface area (Å²) in [6.45, 7) is 0.926. The number of nitrogens with zero attached hydrogens (tertiary/aromatic N) is 3. The van der Waals surface area contributed by atoms with Gasteiger partial charge in [-0.25, -0.2) is 4.98 Å². The van der Waals surface area contributed by atoms with Crippen molar-refractivity contribution in [3.05, 3.63) is 40.4 Å². The number of H-pyrrole nitrogens is 1.